The van der Waals surface area contributed by atoms with E-state index < -0.39 is 31.2 Å². The van der Waals surface area contributed by atoms with Gasteiger partial charge in [-0.05, 0) is 43.7 Å². The maximum Gasteiger partial charge on any atom is 0.326 e. The fourth-order valence-corrected chi connectivity index (χ4v) is 4.68. The van der Waals surface area contributed by atoms with Gasteiger partial charge in [0, 0.05) is 14.5 Å². The van der Waals surface area contributed by atoms with Crippen molar-refractivity contribution in [1.82, 2.24) is 0 Å². The Kier molecular flexibility index (Phi) is 5.17. The molecule has 0 aromatic heterocycles. The Morgan fingerprint density at radius 3 is 2.44 bits per heavy atom. The van der Waals surface area contributed by atoms with Crippen LogP contribution in [0.4, 0.5) is 0 Å². The normalized spacial score (nSPS) is 31.4. The summed E-state index contributed by atoms with van der Waals surface area (Å²) in [7, 11) is -1.32. The first-order valence-electron chi connectivity index (χ1n) is 9.31. The Morgan fingerprint density at radius 1 is 1.28 bits per heavy atom. The van der Waals surface area contributed by atoms with Crippen LogP contribution in [0.15, 0.2) is 12.2 Å². The molecule has 0 bridgehead atoms. The van der Waals surface area contributed by atoms with Crippen LogP contribution in [0, 0.1) is 10.8 Å². The summed E-state index contributed by atoms with van der Waals surface area (Å²) in [6.45, 7) is 19.2. The van der Waals surface area contributed by atoms with Crippen LogP contribution in [0.1, 0.15) is 47.0 Å². The molecule has 0 unspecified atom stereocenters. The minimum atomic E-state index is -1.34. The highest BCUT2D eigenvalue weighted by Crippen LogP contribution is 2.56. The molecular weight excluding hydrogens is 332 g/mol. The van der Waals surface area contributed by atoms with Crippen LogP contribution >= 0.6 is 0 Å². The number of hydrogen-bond acceptors (Lipinski definition) is 4. The lowest BCUT2D eigenvalue weighted by Crippen LogP contribution is -2.63. The number of rotatable bonds is 4. The van der Waals surface area contributed by atoms with Crippen LogP contribution in [-0.2, 0) is 19.1 Å². The Labute approximate surface area is 153 Å². The van der Waals surface area contributed by atoms with E-state index in [9.17, 15) is 9.59 Å². The Balaban J connectivity index is 2.36. The molecular formula is C20H34O4Si. The quantitative estimate of drug-likeness (QED) is 0.321. The maximum absolute atomic E-state index is 13.2. The van der Waals surface area contributed by atoms with Gasteiger partial charge in [0.15, 0.2) is 11.2 Å². The first-order valence-corrected chi connectivity index (χ1v) is 13.0. The van der Waals surface area contributed by atoms with Crippen molar-refractivity contribution >= 4 is 19.8 Å². The third-order valence-electron chi connectivity index (χ3n) is 5.70. The van der Waals surface area contributed by atoms with Crippen molar-refractivity contribution in [1.29, 1.82) is 0 Å². The van der Waals surface area contributed by atoms with E-state index >= 15 is 0 Å². The standard InChI is InChI=1S/C20H34O4Si/c1-14-18(2,3)10-9-16-20(14,15(21)13-19(4,5)24-16)17(22)23-11-12-25(6,7)8/h16H,1,9-13H2,2-8H3/t16-,20+/m1/s1. The van der Waals surface area contributed by atoms with E-state index in [0.717, 1.165) is 12.5 Å². The summed E-state index contributed by atoms with van der Waals surface area (Å²) in [5.74, 6) is -0.543. The van der Waals surface area contributed by atoms with Crippen molar-refractivity contribution in [3.05, 3.63) is 12.2 Å². The number of hydrogen-bond donors (Lipinski definition) is 0. The van der Waals surface area contributed by atoms with E-state index in [1.807, 2.05) is 13.8 Å². The molecule has 0 aromatic carbocycles. The van der Waals surface area contributed by atoms with Crippen molar-refractivity contribution in [2.75, 3.05) is 6.61 Å². The fourth-order valence-electron chi connectivity index (χ4n) is 3.97. The van der Waals surface area contributed by atoms with Gasteiger partial charge < -0.3 is 9.47 Å². The third-order valence-corrected chi connectivity index (χ3v) is 7.41. The van der Waals surface area contributed by atoms with E-state index in [1.165, 1.54) is 0 Å². The van der Waals surface area contributed by atoms with Crippen molar-refractivity contribution < 1.29 is 19.1 Å². The Morgan fingerprint density at radius 2 is 1.88 bits per heavy atom. The molecule has 4 nitrogen and oxygen atoms in total. The summed E-state index contributed by atoms with van der Waals surface area (Å²) in [5, 5.41) is 0. The zero-order chi connectivity index (χ0) is 19.3. The molecule has 0 N–H and O–H groups in total. The van der Waals surface area contributed by atoms with Crippen LogP contribution in [0.3, 0.4) is 0 Å². The van der Waals surface area contributed by atoms with E-state index in [2.05, 4.69) is 40.1 Å². The number of carbonyl (C=O) groups excluding carboxylic acids is 2. The number of Topliss-reactive ketones (excluding diaryl/α,β-unsaturated/α-hetero) is 1. The average Bonchev–Trinajstić information content (AvgIpc) is 2.40. The van der Waals surface area contributed by atoms with Gasteiger partial charge >= 0.3 is 5.97 Å². The van der Waals surface area contributed by atoms with Gasteiger partial charge in [0.25, 0.3) is 0 Å². The lowest BCUT2D eigenvalue weighted by atomic mass is 9.55. The SMILES string of the molecule is C=C1C(C)(C)CC[C@H]2OC(C)(C)CC(=O)[C@@]12C(=O)OCC[Si](C)(C)C. The summed E-state index contributed by atoms with van der Waals surface area (Å²) in [5.41, 5.74) is -1.51. The molecule has 1 saturated carbocycles. The number of ether oxygens (including phenoxy) is 2. The number of ketones is 1. The molecule has 0 aromatic rings. The molecule has 1 aliphatic heterocycles. The van der Waals surface area contributed by atoms with E-state index in [4.69, 9.17) is 9.47 Å². The Hall–Kier alpha value is -0.943. The number of carbonyl (C=O) groups is 2. The molecule has 0 amide bonds. The van der Waals surface area contributed by atoms with Gasteiger partial charge in [0.05, 0.1) is 18.3 Å². The van der Waals surface area contributed by atoms with Gasteiger partial charge in [-0.25, -0.2) is 0 Å². The van der Waals surface area contributed by atoms with E-state index in [0.29, 0.717) is 18.6 Å². The zero-order valence-electron chi connectivity index (χ0n) is 17.0. The van der Waals surface area contributed by atoms with Crippen LogP contribution in [-0.4, -0.2) is 38.1 Å². The second-order valence-corrected chi connectivity index (χ2v) is 15.7. The minimum absolute atomic E-state index is 0.0930. The highest BCUT2D eigenvalue weighted by molar-refractivity contribution is 6.76. The van der Waals surface area contributed by atoms with E-state index in [-0.39, 0.29) is 17.6 Å². The van der Waals surface area contributed by atoms with Gasteiger partial charge in [0.1, 0.15) is 0 Å². The highest BCUT2D eigenvalue weighted by Gasteiger charge is 2.64. The third kappa shape index (κ3) is 3.77. The van der Waals surface area contributed by atoms with Crippen molar-refractivity contribution in [2.24, 2.45) is 10.8 Å². The molecule has 2 rings (SSSR count). The van der Waals surface area contributed by atoms with Gasteiger partial charge in [-0.1, -0.05) is 40.1 Å². The van der Waals surface area contributed by atoms with Crippen LogP contribution in [0.25, 0.3) is 0 Å². The van der Waals surface area contributed by atoms with Gasteiger partial charge in [-0.3, -0.25) is 9.59 Å². The molecule has 2 atom stereocenters. The lowest BCUT2D eigenvalue weighted by Gasteiger charge is -2.54. The van der Waals surface area contributed by atoms with Crippen LogP contribution < -0.4 is 0 Å². The molecule has 5 heteroatoms. The number of esters is 1. The van der Waals surface area contributed by atoms with Gasteiger partial charge in [0.2, 0.25) is 0 Å². The number of fused-ring (bicyclic) bond motifs is 1. The molecule has 1 saturated heterocycles. The first kappa shape index (κ1) is 20.4. The Bertz CT molecular complexity index is 585. The largest absolute Gasteiger partial charge is 0.465 e. The second kappa shape index (κ2) is 6.34. The molecule has 25 heavy (non-hydrogen) atoms. The monoisotopic (exact) mass is 366 g/mol. The minimum Gasteiger partial charge on any atom is -0.465 e. The molecule has 1 aliphatic carbocycles. The molecule has 0 radical (unpaired) electrons. The fraction of sp³-hybridized carbons (Fsp3) is 0.800. The molecule has 2 aliphatic rings. The maximum atomic E-state index is 13.2. The van der Waals surface area contributed by atoms with E-state index in [1.54, 1.807) is 0 Å². The average molecular weight is 367 g/mol. The first-order chi connectivity index (χ1) is 11.2. The molecule has 0 spiro atoms. The molecule has 142 valence electrons. The second-order valence-electron chi connectivity index (χ2n) is 10.1. The lowest BCUT2D eigenvalue weighted by molar-refractivity contribution is -0.200. The van der Waals surface area contributed by atoms with Crippen LogP contribution in [0.2, 0.25) is 25.7 Å². The van der Waals surface area contributed by atoms with Crippen molar-refractivity contribution in [3.63, 3.8) is 0 Å². The van der Waals surface area contributed by atoms with Crippen molar-refractivity contribution in [3.8, 4) is 0 Å². The summed E-state index contributed by atoms with van der Waals surface area (Å²) >= 11 is 0. The molecule has 1 heterocycles. The topological polar surface area (TPSA) is 52.6 Å². The summed E-state index contributed by atoms with van der Waals surface area (Å²) in [6, 6.07) is 0.885. The van der Waals surface area contributed by atoms with Crippen LogP contribution in [0.5, 0.6) is 0 Å². The van der Waals surface area contributed by atoms with Crippen molar-refractivity contribution in [2.45, 2.75) is 84.3 Å². The zero-order valence-corrected chi connectivity index (χ0v) is 18.0. The predicted octanol–water partition coefficient (Wildman–Crippen LogP) is 4.37. The summed E-state index contributed by atoms with van der Waals surface area (Å²) in [6.07, 6.45) is 1.26. The summed E-state index contributed by atoms with van der Waals surface area (Å²) < 4.78 is 11.9. The molecule has 2 fully saturated rings. The smallest absolute Gasteiger partial charge is 0.326 e. The predicted molar refractivity (Wildman–Crippen MR) is 102 cm³/mol. The summed E-state index contributed by atoms with van der Waals surface area (Å²) in [4.78, 5) is 26.4. The highest BCUT2D eigenvalue weighted by atomic mass is 28.3. The van der Waals surface area contributed by atoms with Gasteiger partial charge in [-0.15, -0.1) is 0 Å². The van der Waals surface area contributed by atoms with Gasteiger partial charge in [-0.2, -0.15) is 0 Å².